The first kappa shape index (κ1) is 48.8. The Morgan fingerprint density at radius 3 is 1.72 bits per heavy atom. The van der Waals surface area contributed by atoms with Gasteiger partial charge in [0.25, 0.3) is 0 Å². The zero-order chi connectivity index (χ0) is 45.3. The van der Waals surface area contributed by atoms with Crippen molar-refractivity contribution in [3.05, 3.63) is 57.6 Å². The third-order valence-electron chi connectivity index (χ3n) is 10.8. The minimum Gasteiger partial charge on any atom is -0.395 e. The van der Waals surface area contributed by atoms with E-state index in [9.17, 15) is 9.90 Å². The number of nitrogens with zero attached hydrogens (tertiary/aromatic N) is 10. The number of benzene rings is 1. The average molecular weight is 947 g/mol. The van der Waals surface area contributed by atoms with E-state index < -0.39 is 0 Å². The van der Waals surface area contributed by atoms with Crippen molar-refractivity contribution in [2.45, 2.75) is 26.7 Å². The maximum atomic E-state index is 12.8. The molecule has 4 saturated heterocycles. The second-order valence-corrected chi connectivity index (χ2v) is 16.3. The molecule has 64 heavy (non-hydrogen) atoms. The summed E-state index contributed by atoms with van der Waals surface area (Å²) in [5, 5.41) is 28.0. The van der Waals surface area contributed by atoms with Crippen LogP contribution in [0.15, 0.2) is 36.4 Å². The van der Waals surface area contributed by atoms with Crippen molar-refractivity contribution in [1.82, 2.24) is 34.8 Å². The molecule has 19 nitrogen and oxygen atoms in total. The molecule has 348 valence electrons. The molecule has 0 unspecified atom stereocenters. The van der Waals surface area contributed by atoms with Gasteiger partial charge >= 0.3 is 6.03 Å². The number of aliphatic hydroxyl groups excluding tert-OH is 2. The molecule has 4 aliphatic rings. The minimum atomic E-state index is -0.0530. The van der Waals surface area contributed by atoms with Crippen molar-refractivity contribution >= 4 is 75.9 Å². The van der Waals surface area contributed by atoms with Gasteiger partial charge < -0.3 is 60.0 Å². The molecule has 3 aromatic heterocycles. The van der Waals surface area contributed by atoms with E-state index in [1.165, 1.54) is 0 Å². The summed E-state index contributed by atoms with van der Waals surface area (Å²) in [6.07, 6.45) is 2.17. The fraction of sp³-hybridized carbons (Fsp3) is 0.548. The maximum Gasteiger partial charge on any atom is 0.321 e. The number of aromatic nitrogens is 6. The van der Waals surface area contributed by atoms with Gasteiger partial charge in [0.1, 0.15) is 27.8 Å². The molecule has 0 aliphatic carbocycles. The lowest BCUT2D eigenvalue weighted by molar-refractivity contribution is 0.122. The third kappa shape index (κ3) is 14.7. The van der Waals surface area contributed by atoms with Crippen LogP contribution in [0.2, 0.25) is 15.6 Å². The van der Waals surface area contributed by atoms with Crippen LogP contribution in [0.5, 0.6) is 0 Å². The highest BCUT2D eigenvalue weighted by molar-refractivity contribution is 6.32. The van der Waals surface area contributed by atoms with Gasteiger partial charge in [0.15, 0.2) is 0 Å². The molecule has 4 aliphatic heterocycles. The number of morpholine rings is 3. The van der Waals surface area contributed by atoms with E-state index >= 15 is 0 Å². The Balaban J connectivity index is 0.000000182. The SMILES string of the molecule is CC[C@@H]1CCN(C(=O)Nc2ccc(C)c(-c3cc(N4CCOCC4)nc(NCCO)n3)c2)C1.Clc1cc(N2CCOCC2)nc(Cl)n1.OCCNc1nc(Cl)cc(N2CCOCC2)n1. The predicted molar refractivity (Wildman–Crippen MR) is 251 cm³/mol. The number of nitrogens with one attached hydrogen (secondary N) is 3. The van der Waals surface area contributed by atoms with Crippen LogP contribution >= 0.6 is 34.8 Å². The minimum absolute atomic E-state index is 0.00356. The van der Waals surface area contributed by atoms with E-state index in [2.05, 4.69) is 62.5 Å². The molecule has 5 N–H and O–H groups in total. The highest BCUT2D eigenvalue weighted by Crippen LogP contribution is 2.30. The molecule has 0 saturated carbocycles. The van der Waals surface area contributed by atoms with Crippen LogP contribution in [-0.4, -0.2) is 169 Å². The molecule has 4 fully saturated rings. The molecule has 0 spiro atoms. The van der Waals surface area contributed by atoms with Crippen LogP contribution in [0, 0.1) is 12.8 Å². The number of likely N-dealkylation sites (tertiary alicyclic amines) is 1. The maximum absolute atomic E-state index is 12.8. The van der Waals surface area contributed by atoms with E-state index in [1.807, 2.05) is 36.1 Å². The lowest BCUT2D eigenvalue weighted by atomic mass is 10.0. The molecule has 1 atom stereocenters. The van der Waals surface area contributed by atoms with Crippen molar-refractivity contribution in [3.8, 4) is 11.3 Å². The first-order chi connectivity index (χ1) is 31.1. The summed E-state index contributed by atoms with van der Waals surface area (Å²) >= 11 is 17.4. The number of anilines is 6. The summed E-state index contributed by atoms with van der Waals surface area (Å²) in [5.41, 5.74) is 3.51. The second kappa shape index (κ2) is 25.2. The molecular formula is C42H58Cl3N13O6. The topological polar surface area (TPSA) is 212 Å². The van der Waals surface area contributed by atoms with Gasteiger partial charge in [0, 0.05) is 94.9 Å². The van der Waals surface area contributed by atoms with Crippen molar-refractivity contribution in [3.63, 3.8) is 0 Å². The summed E-state index contributed by atoms with van der Waals surface area (Å²) in [6.45, 7) is 15.5. The number of aliphatic hydroxyl groups is 2. The number of hydrogen-bond donors (Lipinski definition) is 5. The molecular weight excluding hydrogens is 889 g/mol. The Labute approximate surface area is 388 Å². The quantitative estimate of drug-likeness (QED) is 0.0940. The second-order valence-electron chi connectivity index (χ2n) is 15.2. The van der Waals surface area contributed by atoms with Gasteiger partial charge in [-0.05, 0) is 48.6 Å². The predicted octanol–water partition coefficient (Wildman–Crippen LogP) is 4.95. The zero-order valence-corrected chi connectivity index (χ0v) is 38.6. The molecule has 1 aromatic carbocycles. The Morgan fingerprint density at radius 2 is 1.20 bits per heavy atom. The van der Waals surface area contributed by atoms with Gasteiger partial charge in [0.05, 0.1) is 58.5 Å². The number of amides is 2. The first-order valence-electron chi connectivity index (χ1n) is 21.6. The summed E-state index contributed by atoms with van der Waals surface area (Å²) in [5.74, 6) is 3.87. The number of hydrogen-bond acceptors (Lipinski definition) is 17. The van der Waals surface area contributed by atoms with Crippen molar-refractivity contribution in [2.75, 3.05) is 149 Å². The number of rotatable bonds is 12. The summed E-state index contributed by atoms with van der Waals surface area (Å²) in [6, 6.07) is 11.3. The smallest absolute Gasteiger partial charge is 0.321 e. The lowest BCUT2D eigenvalue weighted by Gasteiger charge is -2.28. The van der Waals surface area contributed by atoms with Gasteiger partial charge in [-0.1, -0.05) is 42.6 Å². The van der Waals surface area contributed by atoms with Gasteiger partial charge in [-0.3, -0.25) is 0 Å². The van der Waals surface area contributed by atoms with Gasteiger partial charge in [-0.2, -0.15) is 9.97 Å². The molecule has 7 heterocycles. The number of aryl methyl sites for hydroxylation is 1. The standard InChI is InChI=1S/C24H34N6O3.C10H15ClN4O2.C8H9Cl2N3O/c1-3-18-6-8-30(16-18)24(32)26-19-5-4-17(2)20(14-19)21-15-22(29-9-12-33-13-10-29)28-23(27-21)25-7-11-31;11-8-7-9(15-2-5-17-6-3-15)14-10(13-8)12-1-4-16;9-6-5-7(12-8(10)11-6)13-1-3-14-4-2-13/h4-5,14-15,18,31H,3,6-13,16H2,1-2H3,(H,26,32)(H,25,27,28);7,16H,1-6H2,(H,12,13,14);5H,1-4H2/t18-;;/m1../s1. The van der Waals surface area contributed by atoms with Crippen molar-refractivity contribution in [1.29, 1.82) is 0 Å². The van der Waals surface area contributed by atoms with E-state index in [0.717, 1.165) is 105 Å². The van der Waals surface area contributed by atoms with Crippen LogP contribution in [0.1, 0.15) is 25.3 Å². The largest absolute Gasteiger partial charge is 0.395 e. The zero-order valence-electron chi connectivity index (χ0n) is 36.3. The Bertz CT molecular complexity index is 2070. The Kier molecular flexibility index (Phi) is 19.2. The lowest BCUT2D eigenvalue weighted by Crippen LogP contribution is -2.37. The molecule has 8 rings (SSSR count). The summed E-state index contributed by atoms with van der Waals surface area (Å²) < 4.78 is 16.0. The van der Waals surface area contributed by atoms with Crippen LogP contribution in [0.25, 0.3) is 11.3 Å². The Hall–Kier alpha value is -4.60. The van der Waals surface area contributed by atoms with Crippen LogP contribution in [0.3, 0.4) is 0 Å². The number of carbonyl (C=O) groups is 1. The number of ether oxygens (including phenoxy) is 3. The highest BCUT2D eigenvalue weighted by atomic mass is 35.5. The fourth-order valence-electron chi connectivity index (χ4n) is 7.24. The molecule has 0 bridgehead atoms. The fourth-order valence-corrected chi connectivity index (χ4v) is 7.82. The highest BCUT2D eigenvalue weighted by Gasteiger charge is 2.25. The summed E-state index contributed by atoms with van der Waals surface area (Å²) in [4.78, 5) is 46.6. The third-order valence-corrected chi connectivity index (χ3v) is 11.3. The Morgan fingerprint density at radius 1 is 0.688 bits per heavy atom. The number of urea groups is 1. The van der Waals surface area contributed by atoms with E-state index in [0.29, 0.717) is 80.9 Å². The summed E-state index contributed by atoms with van der Waals surface area (Å²) in [7, 11) is 0. The van der Waals surface area contributed by atoms with Crippen LogP contribution in [0.4, 0.5) is 39.8 Å². The monoisotopic (exact) mass is 945 g/mol. The van der Waals surface area contributed by atoms with E-state index in [-0.39, 0.29) is 24.5 Å². The number of halogens is 3. The van der Waals surface area contributed by atoms with Crippen LogP contribution in [-0.2, 0) is 14.2 Å². The van der Waals surface area contributed by atoms with Gasteiger partial charge in [-0.25, -0.2) is 24.7 Å². The van der Waals surface area contributed by atoms with E-state index in [1.54, 1.807) is 12.1 Å². The number of carbonyl (C=O) groups excluding carboxylic acids is 1. The van der Waals surface area contributed by atoms with Crippen LogP contribution < -0.4 is 30.7 Å². The van der Waals surface area contributed by atoms with Gasteiger partial charge in [0.2, 0.25) is 17.2 Å². The van der Waals surface area contributed by atoms with Crippen molar-refractivity contribution < 1.29 is 29.2 Å². The van der Waals surface area contributed by atoms with Crippen molar-refractivity contribution in [2.24, 2.45) is 5.92 Å². The molecule has 0 radical (unpaired) electrons. The van der Waals surface area contributed by atoms with Gasteiger partial charge in [-0.15, -0.1) is 0 Å². The molecule has 4 aromatic rings. The van der Waals surface area contributed by atoms with E-state index in [4.69, 9.17) is 59.1 Å². The average Bonchev–Trinajstić information content (AvgIpc) is 3.82. The molecule has 22 heteroatoms. The molecule has 2 amide bonds. The first-order valence-corrected chi connectivity index (χ1v) is 22.7. The normalized spacial score (nSPS) is 17.5.